The van der Waals surface area contributed by atoms with E-state index in [1.54, 1.807) is 0 Å². The molecule has 8 atom stereocenters. The molecule has 0 bridgehead atoms. The summed E-state index contributed by atoms with van der Waals surface area (Å²) in [6.45, 7) is 9.29. The Hall–Kier alpha value is -4.09. The Morgan fingerprint density at radius 3 is 1.88 bits per heavy atom. The third kappa shape index (κ3) is 11.5. The van der Waals surface area contributed by atoms with Crippen molar-refractivity contribution in [3.8, 4) is 5.75 Å². The van der Waals surface area contributed by atoms with Gasteiger partial charge in [-0.05, 0) is 86.9 Å². The van der Waals surface area contributed by atoms with E-state index in [0.717, 1.165) is 16.8 Å². The number of amides is 1. The van der Waals surface area contributed by atoms with E-state index < -0.39 is 61.5 Å². The van der Waals surface area contributed by atoms with Crippen molar-refractivity contribution in [2.75, 3.05) is 25.1 Å². The van der Waals surface area contributed by atoms with E-state index in [-0.39, 0.29) is 12.5 Å². The number of aryl methyl sites for hydroxylation is 2. The first-order valence-electron chi connectivity index (χ1n) is 21.3. The number of benzene rings is 4. The van der Waals surface area contributed by atoms with Gasteiger partial charge in [-0.15, -0.1) is 0 Å². The van der Waals surface area contributed by atoms with Crippen molar-refractivity contribution in [3.63, 3.8) is 0 Å². The summed E-state index contributed by atoms with van der Waals surface area (Å²) in [7, 11) is 0. The topological polar surface area (TPSA) is 93.7 Å². The van der Waals surface area contributed by atoms with Crippen LogP contribution in [0.2, 0.25) is 0 Å². The van der Waals surface area contributed by atoms with Gasteiger partial charge in [-0.3, -0.25) is 4.79 Å². The van der Waals surface area contributed by atoms with Gasteiger partial charge in [0, 0.05) is 11.1 Å². The summed E-state index contributed by atoms with van der Waals surface area (Å²) >= 11 is 0. The van der Waals surface area contributed by atoms with Crippen LogP contribution in [0.3, 0.4) is 0 Å². The van der Waals surface area contributed by atoms with Gasteiger partial charge < -0.3 is 38.5 Å². The summed E-state index contributed by atoms with van der Waals surface area (Å²) in [6, 6.07) is 31.7. The highest BCUT2D eigenvalue weighted by atomic mass is 16.7. The molecule has 9 heteroatoms. The molecule has 2 saturated heterocycles. The van der Waals surface area contributed by atoms with E-state index in [9.17, 15) is 4.79 Å². The molecule has 9 nitrogen and oxygen atoms in total. The molecule has 4 aromatic rings. The minimum Gasteiger partial charge on any atom is -0.494 e. The lowest BCUT2D eigenvalue weighted by molar-refractivity contribution is -0.303. The fraction of sp³-hybridized carbons (Fsp3) is 0.468. The van der Waals surface area contributed by atoms with Gasteiger partial charge in [-0.2, -0.15) is 0 Å². The average Bonchev–Trinajstić information content (AvgIpc) is 3.22. The largest absolute Gasteiger partial charge is 0.494 e. The standard InChI is InChI=1S/C47H59NO8/c1-33-26-38(27-34(2)41(33)48-45(49)44-46(3,4)32-55-47(5,6)56-44)50-25-17-16-24-39-42(53-29-36-20-12-8-13-21-36)43(54-30-37-22-14-9-15-23-37)40(31-52-39)51-28-35-18-10-7-11-19-35/h7-15,18-23,26-27,39-40,42-44H,16-17,24-25,28-32H2,1-6H3,(H,48,49)/t39?,40-,42+,43+,44?/m1/s1/i28D,29D,30D/t28?,29?,30?,39?,40-,42+,43+,44?. The van der Waals surface area contributed by atoms with E-state index in [4.69, 9.17) is 37.3 Å². The number of ether oxygens (including phenoxy) is 7. The molecule has 300 valence electrons. The molecule has 6 rings (SSSR count). The molecule has 0 spiro atoms. The lowest BCUT2D eigenvalue weighted by Gasteiger charge is -2.44. The number of nitrogens with one attached hydrogen (secondary N) is 1. The number of hydrogen-bond acceptors (Lipinski definition) is 8. The molecule has 0 saturated carbocycles. The molecule has 0 radical (unpaired) electrons. The number of unbranched alkanes of at least 4 members (excludes halogenated alkanes) is 1. The number of anilines is 1. The Balaban J connectivity index is 1.12. The van der Waals surface area contributed by atoms with Gasteiger partial charge in [0.15, 0.2) is 5.79 Å². The van der Waals surface area contributed by atoms with Crippen LogP contribution in [0.25, 0.3) is 0 Å². The quantitative estimate of drug-likeness (QED) is 0.106. The Bertz CT molecular complexity index is 1910. The van der Waals surface area contributed by atoms with Gasteiger partial charge in [0.1, 0.15) is 30.2 Å². The third-order valence-electron chi connectivity index (χ3n) is 10.1. The van der Waals surface area contributed by atoms with Crippen LogP contribution in [0.4, 0.5) is 5.69 Å². The number of carbonyl (C=O) groups is 1. The predicted octanol–water partition coefficient (Wildman–Crippen LogP) is 9.12. The van der Waals surface area contributed by atoms with Gasteiger partial charge >= 0.3 is 0 Å². The zero-order chi connectivity index (χ0) is 42.2. The highest BCUT2D eigenvalue weighted by Crippen LogP contribution is 2.36. The summed E-state index contributed by atoms with van der Waals surface area (Å²) in [5.74, 6) is -0.356. The van der Waals surface area contributed by atoms with E-state index in [2.05, 4.69) is 5.32 Å². The minimum atomic E-state index is -1.06. The maximum Gasteiger partial charge on any atom is 0.254 e. The van der Waals surface area contributed by atoms with Crippen LogP contribution >= 0.6 is 0 Å². The number of carbonyl (C=O) groups excluding carboxylic acids is 1. The number of rotatable bonds is 17. The summed E-state index contributed by atoms with van der Waals surface area (Å²) in [6.07, 6.45) is -1.51. The monoisotopic (exact) mass is 768 g/mol. The van der Waals surface area contributed by atoms with Crippen molar-refractivity contribution in [2.45, 2.75) is 117 Å². The first-order chi connectivity index (χ1) is 28.2. The van der Waals surface area contributed by atoms with Crippen LogP contribution in [0.1, 0.15) is 78.9 Å². The Labute approximate surface area is 337 Å². The van der Waals surface area contributed by atoms with Crippen molar-refractivity contribution in [3.05, 3.63) is 131 Å². The molecule has 1 N–H and O–H groups in total. The van der Waals surface area contributed by atoms with Crippen molar-refractivity contribution < 1.29 is 42.1 Å². The third-order valence-corrected chi connectivity index (χ3v) is 10.1. The van der Waals surface area contributed by atoms with E-state index >= 15 is 0 Å². The fourth-order valence-electron chi connectivity index (χ4n) is 6.95. The SMILES string of the molecule is [2H]C(O[C@H]1[C@H](OC([2H])c2ccccc2)COC(CCCCOc2cc(C)c(NC(=O)C3OC(C)(C)OCC3(C)C)c(C)c2)[C@@H]1OC([2H])c1ccccc1)c1ccccc1. The van der Waals surface area contributed by atoms with Crippen LogP contribution in [0, 0.1) is 19.3 Å². The molecule has 1 amide bonds. The summed E-state index contributed by atoms with van der Waals surface area (Å²) in [5, 5.41) is 3.10. The highest BCUT2D eigenvalue weighted by molar-refractivity contribution is 5.96. The predicted molar refractivity (Wildman–Crippen MR) is 217 cm³/mol. The molecule has 0 aliphatic carbocycles. The normalized spacial score (nSPS) is 25.5. The Morgan fingerprint density at radius 1 is 0.768 bits per heavy atom. The molecule has 2 fully saturated rings. The highest BCUT2D eigenvalue weighted by Gasteiger charge is 2.46. The number of hydrogen-bond donors (Lipinski definition) is 1. The molecule has 2 aliphatic rings. The Kier molecular flexibility index (Phi) is 13.0. The molecule has 2 aliphatic heterocycles. The molecule has 5 unspecified atom stereocenters. The van der Waals surface area contributed by atoms with Crippen molar-refractivity contribution in [1.82, 2.24) is 0 Å². The lowest BCUT2D eigenvalue weighted by atomic mass is 9.85. The first-order valence-corrected chi connectivity index (χ1v) is 19.6. The van der Waals surface area contributed by atoms with Crippen LogP contribution in [0.5, 0.6) is 5.75 Å². The van der Waals surface area contributed by atoms with Crippen LogP contribution < -0.4 is 10.1 Å². The minimum absolute atomic E-state index is 0.126. The molecule has 2 heterocycles. The average molecular weight is 769 g/mol. The maximum atomic E-state index is 13.5. The Morgan fingerprint density at radius 2 is 1.30 bits per heavy atom. The summed E-state index contributed by atoms with van der Waals surface area (Å²) < 4.78 is 70.7. The zero-order valence-electron chi connectivity index (χ0n) is 36.4. The van der Waals surface area contributed by atoms with Gasteiger partial charge in [-0.1, -0.05) is 105 Å². The molecular formula is C47H59NO8. The van der Waals surface area contributed by atoms with Crippen LogP contribution in [0.15, 0.2) is 103 Å². The summed E-state index contributed by atoms with van der Waals surface area (Å²) in [5.41, 5.74) is 4.03. The first kappa shape index (κ1) is 37.5. The van der Waals surface area contributed by atoms with Crippen LogP contribution in [-0.2, 0) is 53.0 Å². The van der Waals surface area contributed by atoms with Gasteiger partial charge in [-0.25, -0.2) is 0 Å². The fourth-order valence-corrected chi connectivity index (χ4v) is 6.95. The second kappa shape index (κ2) is 19.4. The van der Waals surface area contributed by atoms with Gasteiger partial charge in [0.25, 0.3) is 5.91 Å². The van der Waals surface area contributed by atoms with E-state index in [0.29, 0.717) is 54.9 Å². The molecule has 0 aromatic heterocycles. The molecular weight excluding hydrogens is 707 g/mol. The van der Waals surface area contributed by atoms with Crippen molar-refractivity contribution >= 4 is 11.6 Å². The van der Waals surface area contributed by atoms with Crippen LogP contribution in [-0.4, -0.2) is 62.0 Å². The smallest absolute Gasteiger partial charge is 0.254 e. The van der Waals surface area contributed by atoms with Crippen molar-refractivity contribution in [1.29, 1.82) is 0 Å². The zero-order valence-corrected chi connectivity index (χ0v) is 33.4. The van der Waals surface area contributed by atoms with E-state index in [1.807, 2.05) is 145 Å². The lowest BCUT2D eigenvalue weighted by Crippen LogP contribution is -2.56. The second-order valence-electron chi connectivity index (χ2n) is 15.8. The van der Waals surface area contributed by atoms with E-state index in [1.165, 1.54) is 0 Å². The molecule has 4 aromatic carbocycles. The second-order valence-corrected chi connectivity index (χ2v) is 15.8. The molecule has 56 heavy (non-hydrogen) atoms. The van der Waals surface area contributed by atoms with Gasteiger partial charge in [0.2, 0.25) is 0 Å². The van der Waals surface area contributed by atoms with Crippen molar-refractivity contribution in [2.24, 2.45) is 5.41 Å². The maximum absolute atomic E-state index is 13.5. The summed E-state index contributed by atoms with van der Waals surface area (Å²) in [4.78, 5) is 13.5. The van der Waals surface area contributed by atoms with Gasteiger partial charge in [0.05, 0.1) is 49.8 Å².